The van der Waals surface area contributed by atoms with E-state index in [0.717, 1.165) is 5.71 Å². The fraction of sp³-hybridized carbons (Fsp3) is 0.333. The second-order valence-corrected chi connectivity index (χ2v) is 4.39. The zero-order chi connectivity index (χ0) is 13.4. The molecule has 96 valence electrons. The molecule has 0 saturated carbocycles. The number of imidazole rings is 1. The number of anilines is 1. The van der Waals surface area contributed by atoms with Crippen LogP contribution in [0.3, 0.4) is 0 Å². The summed E-state index contributed by atoms with van der Waals surface area (Å²) in [5, 5.41) is 3.95. The highest BCUT2D eigenvalue weighted by Crippen LogP contribution is 2.21. The number of aromatic nitrogens is 2. The topological polar surface area (TPSA) is 51.3 Å². The van der Waals surface area contributed by atoms with Crippen LogP contribution in [0.1, 0.15) is 13.8 Å². The molecule has 0 radical (unpaired) electrons. The van der Waals surface area contributed by atoms with Crippen LogP contribution in [0.2, 0.25) is 0 Å². The van der Waals surface area contributed by atoms with E-state index in [-0.39, 0.29) is 11.4 Å². The maximum absolute atomic E-state index is 13.8. The Morgan fingerprint density at radius 3 is 2.33 bits per heavy atom. The smallest absolute Gasteiger partial charge is 0.295 e. The van der Waals surface area contributed by atoms with Gasteiger partial charge in [0.25, 0.3) is 0 Å². The number of halogens is 1. The molecule has 0 aliphatic carbocycles. The van der Waals surface area contributed by atoms with Crippen molar-refractivity contribution >= 4 is 22.4 Å². The largest absolute Gasteiger partial charge is 0.328 e. The molecule has 0 aliphatic heterocycles. The van der Waals surface area contributed by atoms with Crippen LogP contribution < -0.4 is 11.1 Å². The fourth-order valence-electron chi connectivity index (χ4n) is 1.78. The Labute approximate surface area is 104 Å². The fourth-order valence-corrected chi connectivity index (χ4v) is 1.78. The maximum atomic E-state index is 13.8. The highest BCUT2D eigenvalue weighted by Gasteiger charge is 2.12. The van der Waals surface area contributed by atoms with Crippen molar-refractivity contribution in [2.45, 2.75) is 13.8 Å². The lowest BCUT2D eigenvalue weighted by Gasteiger charge is -2.04. The van der Waals surface area contributed by atoms with Gasteiger partial charge in [-0.1, -0.05) is 0 Å². The molecule has 18 heavy (non-hydrogen) atoms. The molecule has 0 atom stereocenters. The van der Waals surface area contributed by atoms with Crippen molar-refractivity contribution in [1.82, 2.24) is 9.13 Å². The van der Waals surface area contributed by atoms with Gasteiger partial charge in [0.1, 0.15) is 5.82 Å². The second-order valence-electron chi connectivity index (χ2n) is 4.39. The van der Waals surface area contributed by atoms with Gasteiger partial charge in [-0.15, -0.1) is 0 Å². The van der Waals surface area contributed by atoms with E-state index in [1.165, 1.54) is 15.2 Å². The summed E-state index contributed by atoms with van der Waals surface area (Å²) in [7, 11) is 3.27. The van der Waals surface area contributed by atoms with Crippen LogP contribution in [0.15, 0.2) is 22.0 Å². The van der Waals surface area contributed by atoms with Crippen LogP contribution in [-0.4, -0.2) is 14.8 Å². The molecule has 0 aliphatic rings. The number of rotatable bonds is 2. The van der Waals surface area contributed by atoms with Crippen molar-refractivity contribution in [3.05, 3.63) is 28.4 Å². The minimum absolute atomic E-state index is 0.184. The van der Waals surface area contributed by atoms with Crippen LogP contribution in [-0.2, 0) is 14.1 Å². The average molecular weight is 250 g/mol. The highest BCUT2D eigenvalue weighted by atomic mass is 19.1. The Bertz CT molecular complexity index is 692. The Hall–Kier alpha value is -2.11. The van der Waals surface area contributed by atoms with Gasteiger partial charge < -0.3 is 0 Å². The Morgan fingerprint density at radius 1 is 1.22 bits per heavy atom. The molecule has 1 N–H and O–H groups in total. The summed E-state index contributed by atoms with van der Waals surface area (Å²) in [5.41, 5.74) is 4.73. The molecule has 1 aromatic carbocycles. The van der Waals surface area contributed by atoms with Crippen LogP contribution in [0.5, 0.6) is 0 Å². The normalized spacial score (nSPS) is 10.7. The lowest BCUT2D eigenvalue weighted by Crippen LogP contribution is -2.19. The Morgan fingerprint density at radius 2 is 1.78 bits per heavy atom. The first-order valence-electron chi connectivity index (χ1n) is 5.53. The van der Waals surface area contributed by atoms with Crippen molar-refractivity contribution in [1.29, 1.82) is 0 Å². The monoisotopic (exact) mass is 250 g/mol. The van der Waals surface area contributed by atoms with Crippen molar-refractivity contribution < 1.29 is 4.39 Å². The molecule has 5 nitrogen and oxygen atoms in total. The maximum Gasteiger partial charge on any atom is 0.328 e. The SMILES string of the molecule is CC(C)=NNc1cc2c(cc1F)n(C)c(=O)n2C. The van der Waals surface area contributed by atoms with E-state index in [1.54, 1.807) is 20.2 Å². The minimum Gasteiger partial charge on any atom is -0.295 e. The van der Waals surface area contributed by atoms with E-state index in [0.29, 0.717) is 11.0 Å². The molecule has 0 fully saturated rings. The molecular weight excluding hydrogens is 235 g/mol. The van der Waals surface area contributed by atoms with E-state index in [1.807, 2.05) is 13.8 Å². The van der Waals surface area contributed by atoms with Gasteiger partial charge in [-0.2, -0.15) is 5.10 Å². The summed E-state index contributed by atoms with van der Waals surface area (Å²) in [5.74, 6) is -0.436. The van der Waals surface area contributed by atoms with Gasteiger partial charge in [0, 0.05) is 25.9 Å². The van der Waals surface area contributed by atoms with Gasteiger partial charge in [0.2, 0.25) is 0 Å². The number of hydrogen-bond acceptors (Lipinski definition) is 3. The van der Waals surface area contributed by atoms with Crippen LogP contribution in [0.4, 0.5) is 10.1 Å². The Balaban J connectivity index is 2.65. The molecule has 1 aromatic heterocycles. The predicted molar refractivity (Wildman–Crippen MR) is 70.5 cm³/mol. The quantitative estimate of drug-likeness (QED) is 0.653. The van der Waals surface area contributed by atoms with Gasteiger partial charge in [0.15, 0.2) is 0 Å². The average Bonchev–Trinajstić information content (AvgIpc) is 2.52. The summed E-state index contributed by atoms with van der Waals surface area (Å²) in [4.78, 5) is 11.7. The van der Waals surface area contributed by atoms with Crippen molar-refractivity contribution in [3.63, 3.8) is 0 Å². The number of fused-ring (bicyclic) bond motifs is 1. The summed E-state index contributed by atoms with van der Waals surface area (Å²) in [6, 6.07) is 2.91. The number of nitrogens with zero attached hydrogens (tertiary/aromatic N) is 3. The predicted octanol–water partition coefficient (Wildman–Crippen LogP) is 1.82. The first kappa shape index (κ1) is 12.3. The van der Waals surface area contributed by atoms with Gasteiger partial charge in [0.05, 0.1) is 16.7 Å². The lowest BCUT2D eigenvalue weighted by atomic mass is 10.2. The molecule has 2 rings (SSSR count). The zero-order valence-corrected chi connectivity index (χ0v) is 10.8. The molecule has 0 bridgehead atoms. The number of hydrogen-bond donors (Lipinski definition) is 1. The number of benzene rings is 1. The summed E-state index contributed by atoms with van der Waals surface area (Å²) < 4.78 is 16.7. The molecular formula is C12H15FN4O. The first-order valence-corrected chi connectivity index (χ1v) is 5.53. The molecule has 0 amide bonds. The van der Waals surface area contributed by atoms with Crippen molar-refractivity contribution in [2.75, 3.05) is 5.43 Å². The minimum atomic E-state index is -0.436. The molecule has 0 spiro atoms. The molecule has 0 saturated heterocycles. The van der Waals surface area contributed by atoms with Crippen LogP contribution >= 0.6 is 0 Å². The molecule has 0 unspecified atom stereocenters. The third-order valence-corrected chi connectivity index (χ3v) is 2.76. The van der Waals surface area contributed by atoms with Gasteiger partial charge >= 0.3 is 5.69 Å². The van der Waals surface area contributed by atoms with E-state index in [2.05, 4.69) is 10.5 Å². The highest BCUT2D eigenvalue weighted by molar-refractivity contribution is 5.82. The zero-order valence-electron chi connectivity index (χ0n) is 10.8. The summed E-state index contributed by atoms with van der Waals surface area (Å²) in [6.45, 7) is 3.61. The van der Waals surface area contributed by atoms with E-state index in [9.17, 15) is 9.18 Å². The number of aryl methyl sites for hydroxylation is 2. The van der Waals surface area contributed by atoms with E-state index >= 15 is 0 Å². The van der Waals surface area contributed by atoms with Gasteiger partial charge in [-0.25, -0.2) is 9.18 Å². The standard InChI is InChI=1S/C12H15FN4O/c1-7(2)14-15-9-6-11-10(5-8(9)13)16(3)12(18)17(11)4/h5-6,15H,1-4H3. The summed E-state index contributed by atoms with van der Waals surface area (Å²) in [6.07, 6.45) is 0. The van der Waals surface area contributed by atoms with E-state index < -0.39 is 5.82 Å². The van der Waals surface area contributed by atoms with E-state index in [4.69, 9.17) is 0 Å². The van der Waals surface area contributed by atoms with Crippen molar-refractivity contribution in [2.24, 2.45) is 19.2 Å². The molecule has 1 heterocycles. The third kappa shape index (κ3) is 1.90. The second kappa shape index (κ2) is 4.29. The lowest BCUT2D eigenvalue weighted by molar-refractivity contribution is 0.631. The van der Waals surface area contributed by atoms with Crippen LogP contribution in [0.25, 0.3) is 11.0 Å². The third-order valence-electron chi connectivity index (χ3n) is 2.76. The number of hydrazone groups is 1. The number of nitrogens with one attached hydrogen (secondary N) is 1. The van der Waals surface area contributed by atoms with Gasteiger partial charge in [-0.3, -0.25) is 14.6 Å². The Kier molecular flexibility index (Phi) is 2.94. The summed E-state index contributed by atoms with van der Waals surface area (Å²) >= 11 is 0. The molecule has 2 aromatic rings. The van der Waals surface area contributed by atoms with Crippen molar-refractivity contribution in [3.8, 4) is 0 Å². The van der Waals surface area contributed by atoms with Crippen LogP contribution in [0, 0.1) is 5.82 Å². The molecule has 6 heteroatoms. The van der Waals surface area contributed by atoms with Gasteiger partial charge in [-0.05, 0) is 19.9 Å². The first-order chi connectivity index (χ1) is 8.41.